The van der Waals surface area contributed by atoms with Gasteiger partial charge in [0.05, 0.1) is 0 Å². The average molecular weight is 197 g/mol. The fraction of sp³-hybridized carbons (Fsp3) is 0. The molecule has 1 aromatic carbocycles. The van der Waals surface area contributed by atoms with Crippen LogP contribution in [0.5, 0.6) is 0 Å². The lowest BCUT2D eigenvalue weighted by atomic mass is 10.2. The molecule has 2 rings (SSSR count). The van der Waals surface area contributed by atoms with Gasteiger partial charge in [-0.25, -0.2) is 13.8 Å². The van der Waals surface area contributed by atoms with Crippen molar-refractivity contribution in [2.24, 2.45) is 0 Å². The zero-order chi connectivity index (χ0) is 9.26. The van der Waals surface area contributed by atoms with E-state index in [1.54, 1.807) is 11.6 Å². The van der Waals surface area contributed by atoms with Crippen molar-refractivity contribution in [2.45, 2.75) is 0 Å². The van der Waals surface area contributed by atoms with Gasteiger partial charge >= 0.3 is 0 Å². The molecule has 0 saturated heterocycles. The van der Waals surface area contributed by atoms with E-state index in [1.807, 2.05) is 0 Å². The van der Waals surface area contributed by atoms with Crippen LogP contribution in [0.25, 0.3) is 10.6 Å². The van der Waals surface area contributed by atoms with Gasteiger partial charge < -0.3 is 0 Å². The quantitative estimate of drug-likeness (QED) is 0.684. The maximum atomic E-state index is 13.2. The van der Waals surface area contributed by atoms with Gasteiger partial charge in [-0.3, -0.25) is 0 Å². The van der Waals surface area contributed by atoms with Crippen molar-refractivity contribution in [2.75, 3.05) is 0 Å². The normalized spacial score (nSPS) is 10.3. The Balaban J connectivity index is 2.59. The molecule has 0 bridgehead atoms. The van der Waals surface area contributed by atoms with Crippen LogP contribution in [-0.4, -0.2) is 4.98 Å². The molecule has 4 heteroatoms. The molecule has 0 amide bonds. The van der Waals surface area contributed by atoms with E-state index in [0.29, 0.717) is 5.01 Å². The molecular weight excluding hydrogens is 192 g/mol. The molecule has 0 aliphatic carbocycles. The van der Waals surface area contributed by atoms with E-state index >= 15 is 0 Å². The summed E-state index contributed by atoms with van der Waals surface area (Å²) in [7, 11) is 0. The predicted molar refractivity (Wildman–Crippen MR) is 47.5 cm³/mol. The van der Waals surface area contributed by atoms with Crippen molar-refractivity contribution in [3.63, 3.8) is 0 Å². The van der Waals surface area contributed by atoms with Crippen LogP contribution in [0.2, 0.25) is 0 Å². The number of hydrogen-bond acceptors (Lipinski definition) is 2. The first kappa shape index (κ1) is 8.31. The summed E-state index contributed by atoms with van der Waals surface area (Å²) in [5.74, 6) is -1.68. The molecule has 0 aliphatic rings. The van der Waals surface area contributed by atoms with Crippen LogP contribution in [0, 0.1) is 11.6 Å². The monoisotopic (exact) mass is 197 g/mol. The fourth-order valence-corrected chi connectivity index (χ4v) is 1.68. The van der Waals surface area contributed by atoms with Crippen LogP contribution >= 0.6 is 11.3 Å². The minimum atomic E-state index is -0.840. The van der Waals surface area contributed by atoms with Crippen molar-refractivity contribution >= 4 is 11.3 Å². The van der Waals surface area contributed by atoms with Crippen LogP contribution in [0.15, 0.2) is 29.8 Å². The van der Waals surface area contributed by atoms with Crippen molar-refractivity contribution in [3.8, 4) is 10.6 Å². The van der Waals surface area contributed by atoms with Crippen LogP contribution in [0.3, 0.4) is 0 Å². The maximum absolute atomic E-state index is 13.2. The fourth-order valence-electron chi connectivity index (χ4n) is 1.03. The van der Waals surface area contributed by atoms with Crippen molar-refractivity contribution in [1.29, 1.82) is 0 Å². The Hall–Kier alpha value is -1.29. The first-order valence-corrected chi connectivity index (χ1v) is 4.51. The van der Waals surface area contributed by atoms with E-state index in [2.05, 4.69) is 4.98 Å². The molecule has 66 valence electrons. The number of thiazole rings is 1. The highest BCUT2D eigenvalue weighted by Crippen LogP contribution is 2.25. The number of benzene rings is 1. The van der Waals surface area contributed by atoms with E-state index in [4.69, 9.17) is 0 Å². The summed E-state index contributed by atoms with van der Waals surface area (Å²) in [5, 5.41) is 2.22. The summed E-state index contributed by atoms with van der Waals surface area (Å²) in [6.45, 7) is 0. The van der Waals surface area contributed by atoms with Gasteiger partial charge in [-0.2, -0.15) is 0 Å². The highest BCUT2D eigenvalue weighted by molar-refractivity contribution is 7.13. The highest BCUT2D eigenvalue weighted by atomic mass is 32.1. The summed E-state index contributed by atoms with van der Waals surface area (Å²) in [4.78, 5) is 3.90. The molecule has 2 aromatic rings. The smallest absolute Gasteiger partial charge is 0.169 e. The van der Waals surface area contributed by atoms with Gasteiger partial charge in [-0.15, -0.1) is 11.3 Å². The topological polar surface area (TPSA) is 12.9 Å². The summed E-state index contributed by atoms with van der Waals surface area (Å²) in [6, 6.07) is 4.07. The number of nitrogens with zero attached hydrogens (tertiary/aromatic N) is 1. The summed E-state index contributed by atoms with van der Waals surface area (Å²) >= 11 is 1.28. The second kappa shape index (κ2) is 3.22. The molecule has 0 radical (unpaired) electrons. The van der Waals surface area contributed by atoms with E-state index in [-0.39, 0.29) is 5.56 Å². The standard InChI is InChI=1S/C9H5F2NS/c10-7-3-1-2-6(8(7)11)9-12-4-5-13-9/h1-5H. The van der Waals surface area contributed by atoms with E-state index in [1.165, 1.54) is 23.5 Å². The third-order valence-corrected chi connectivity index (χ3v) is 2.42. The van der Waals surface area contributed by atoms with E-state index in [9.17, 15) is 8.78 Å². The SMILES string of the molecule is Fc1cccc(-c2nccs2)c1F. The Labute approximate surface area is 77.7 Å². The molecule has 13 heavy (non-hydrogen) atoms. The Bertz CT molecular complexity index is 412. The molecule has 1 heterocycles. The zero-order valence-corrected chi connectivity index (χ0v) is 7.31. The van der Waals surface area contributed by atoms with Crippen LogP contribution in [0.4, 0.5) is 8.78 Å². The lowest BCUT2D eigenvalue weighted by Crippen LogP contribution is -1.87. The molecule has 0 saturated carbocycles. The number of halogens is 2. The summed E-state index contributed by atoms with van der Waals surface area (Å²) < 4.78 is 25.9. The lowest BCUT2D eigenvalue weighted by Gasteiger charge is -1.98. The zero-order valence-electron chi connectivity index (χ0n) is 6.50. The van der Waals surface area contributed by atoms with Gasteiger partial charge in [0.1, 0.15) is 5.01 Å². The van der Waals surface area contributed by atoms with Crippen molar-refractivity contribution in [3.05, 3.63) is 41.4 Å². The van der Waals surface area contributed by atoms with Crippen LogP contribution in [0.1, 0.15) is 0 Å². The maximum Gasteiger partial charge on any atom is 0.169 e. The second-order valence-electron chi connectivity index (χ2n) is 2.44. The third-order valence-electron chi connectivity index (χ3n) is 1.61. The largest absolute Gasteiger partial charge is 0.244 e. The van der Waals surface area contributed by atoms with Crippen molar-refractivity contribution in [1.82, 2.24) is 4.98 Å². The van der Waals surface area contributed by atoms with Crippen molar-refractivity contribution < 1.29 is 8.78 Å². The molecule has 0 fully saturated rings. The molecule has 1 nitrogen and oxygen atoms in total. The molecule has 0 atom stereocenters. The molecule has 0 aliphatic heterocycles. The van der Waals surface area contributed by atoms with Gasteiger partial charge in [-0.05, 0) is 12.1 Å². The van der Waals surface area contributed by atoms with Gasteiger partial charge in [-0.1, -0.05) is 6.07 Å². The molecular formula is C9H5F2NS. The average Bonchev–Trinajstić information content (AvgIpc) is 2.62. The lowest BCUT2D eigenvalue weighted by molar-refractivity contribution is 0.511. The van der Waals surface area contributed by atoms with Gasteiger partial charge in [0.2, 0.25) is 0 Å². The van der Waals surface area contributed by atoms with Crippen LogP contribution < -0.4 is 0 Å². The molecule has 0 unspecified atom stereocenters. The Morgan fingerprint density at radius 2 is 2.08 bits per heavy atom. The predicted octanol–water partition coefficient (Wildman–Crippen LogP) is 3.09. The highest BCUT2D eigenvalue weighted by Gasteiger charge is 2.10. The first-order valence-electron chi connectivity index (χ1n) is 3.63. The van der Waals surface area contributed by atoms with Crippen LogP contribution in [-0.2, 0) is 0 Å². The second-order valence-corrected chi connectivity index (χ2v) is 3.33. The Morgan fingerprint density at radius 1 is 1.23 bits per heavy atom. The molecule has 0 spiro atoms. The van der Waals surface area contributed by atoms with Gasteiger partial charge in [0, 0.05) is 17.1 Å². The summed E-state index contributed by atoms with van der Waals surface area (Å²) in [6.07, 6.45) is 1.56. The van der Waals surface area contributed by atoms with Gasteiger partial charge in [0.15, 0.2) is 11.6 Å². The Kier molecular flexibility index (Phi) is 2.06. The number of hydrogen-bond donors (Lipinski definition) is 0. The number of aromatic nitrogens is 1. The van der Waals surface area contributed by atoms with E-state index in [0.717, 1.165) is 6.07 Å². The van der Waals surface area contributed by atoms with Gasteiger partial charge in [0.25, 0.3) is 0 Å². The molecule has 0 N–H and O–H groups in total. The Morgan fingerprint density at radius 3 is 2.77 bits per heavy atom. The minimum absolute atomic E-state index is 0.218. The minimum Gasteiger partial charge on any atom is -0.244 e. The molecule has 1 aromatic heterocycles. The van der Waals surface area contributed by atoms with E-state index < -0.39 is 11.6 Å². The first-order chi connectivity index (χ1) is 6.29. The third kappa shape index (κ3) is 1.45. The number of rotatable bonds is 1. The summed E-state index contributed by atoms with van der Waals surface area (Å²) in [5.41, 5.74) is 0.218.